The number of aromatic nitrogens is 3. The van der Waals surface area contributed by atoms with Gasteiger partial charge in [0.2, 0.25) is 0 Å². The first-order valence-electron chi connectivity index (χ1n) is 7.86. The monoisotopic (exact) mass is 377 g/mol. The summed E-state index contributed by atoms with van der Waals surface area (Å²) in [6.45, 7) is 1.98. The molecule has 3 aromatic heterocycles. The highest BCUT2D eigenvalue weighted by Crippen LogP contribution is 2.33. The lowest BCUT2D eigenvalue weighted by Crippen LogP contribution is -2.24. The predicted molar refractivity (Wildman–Crippen MR) is 95.6 cm³/mol. The molecule has 0 fully saturated rings. The first-order valence-corrected chi connectivity index (χ1v) is 8.68. The highest BCUT2D eigenvalue weighted by Gasteiger charge is 2.30. The number of nitrogens with zero attached hydrogens (tertiary/aromatic N) is 3. The van der Waals surface area contributed by atoms with Gasteiger partial charge in [-0.2, -0.15) is 18.3 Å². The Morgan fingerprint density at radius 2 is 2.00 bits per heavy atom. The molecule has 0 saturated heterocycles. The topological polar surface area (TPSA) is 39.8 Å². The van der Waals surface area contributed by atoms with Gasteiger partial charge in [0, 0.05) is 17.3 Å². The fourth-order valence-electron chi connectivity index (χ4n) is 3.16. The number of hydrogen-bond acceptors (Lipinski definition) is 3. The molecular weight excluding hydrogens is 363 g/mol. The Morgan fingerprint density at radius 1 is 1.23 bits per heavy atom. The van der Waals surface area contributed by atoms with E-state index in [9.17, 15) is 18.0 Å². The molecule has 0 N–H and O–H groups in total. The number of alkyl halides is 3. The lowest BCUT2D eigenvalue weighted by Gasteiger charge is -2.10. The minimum absolute atomic E-state index is 0.0173. The van der Waals surface area contributed by atoms with E-state index in [1.165, 1.54) is 10.7 Å². The van der Waals surface area contributed by atoms with Crippen LogP contribution in [-0.2, 0) is 19.8 Å². The Balaban J connectivity index is 1.82. The molecule has 0 atom stereocenters. The van der Waals surface area contributed by atoms with Crippen LogP contribution >= 0.6 is 11.3 Å². The molecule has 8 heteroatoms. The third-order valence-electron chi connectivity index (χ3n) is 4.38. The van der Waals surface area contributed by atoms with Crippen LogP contribution in [0.2, 0.25) is 0 Å². The molecule has 0 aliphatic rings. The third kappa shape index (κ3) is 2.61. The molecule has 0 unspecified atom stereocenters. The zero-order chi connectivity index (χ0) is 18.6. The van der Waals surface area contributed by atoms with Gasteiger partial charge in [-0.05, 0) is 30.7 Å². The summed E-state index contributed by atoms with van der Waals surface area (Å²) in [5.41, 5.74) is 0.787. The van der Waals surface area contributed by atoms with E-state index < -0.39 is 11.7 Å². The zero-order valence-corrected chi connectivity index (χ0v) is 14.8. The molecule has 4 nitrogen and oxygen atoms in total. The van der Waals surface area contributed by atoms with Crippen LogP contribution < -0.4 is 5.56 Å². The van der Waals surface area contributed by atoms with Gasteiger partial charge < -0.3 is 4.57 Å². The van der Waals surface area contributed by atoms with E-state index in [0.717, 1.165) is 32.6 Å². The molecule has 0 radical (unpaired) electrons. The van der Waals surface area contributed by atoms with Crippen molar-refractivity contribution >= 4 is 32.5 Å². The summed E-state index contributed by atoms with van der Waals surface area (Å²) in [5.74, 6) is 0. The highest BCUT2D eigenvalue weighted by atomic mass is 32.1. The van der Waals surface area contributed by atoms with Crippen LogP contribution in [-0.4, -0.2) is 14.3 Å². The molecule has 0 amide bonds. The van der Waals surface area contributed by atoms with E-state index in [2.05, 4.69) is 5.10 Å². The molecule has 4 rings (SSSR count). The second kappa shape index (κ2) is 5.70. The van der Waals surface area contributed by atoms with E-state index in [-0.39, 0.29) is 12.1 Å². The molecule has 26 heavy (non-hydrogen) atoms. The normalized spacial score (nSPS) is 12.3. The van der Waals surface area contributed by atoms with Crippen LogP contribution in [0.3, 0.4) is 0 Å². The Kier molecular flexibility index (Phi) is 3.69. The summed E-state index contributed by atoms with van der Waals surface area (Å²) < 4.78 is 42.6. The van der Waals surface area contributed by atoms with E-state index in [1.54, 1.807) is 23.6 Å². The molecule has 4 aromatic rings. The minimum atomic E-state index is -4.42. The lowest BCUT2D eigenvalue weighted by atomic mass is 10.1. The number of halogens is 3. The fourth-order valence-corrected chi connectivity index (χ4v) is 4.22. The average molecular weight is 377 g/mol. The number of fused-ring (bicyclic) bond motifs is 3. The first kappa shape index (κ1) is 16.8. The molecule has 3 heterocycles. The molecule has 0 aliphatic carbocycles. The van der Waals surface area contributed by atoms with Crippen LogP contribution in [0.1, 0.15) is 16.0 Å². The van der Waals surface area contributed by atoms with Crippen molar-refractivity contribution in [2.75, 3.05) is 0 Å². The van der Waals surface area contributed by atoms with E-state index in [4.69, 9.17) is 0 Å². The molecule has 0 spiro atoms. The van der Waals surface area contributed by atoms with Crippen molar-refractivity contribution in [2.45, 2.75) is 19.6 Å². The maximum absolute atomic E-state index is 12.9. The van der Waals surface area contributed by atoms with Gasteiger partial charge in [-0.15, -0.1) is 11.3 Å². The van der Waals surface area contributed by atoms with Crippen molar-refractivity contribution in [2.24, 2.45) is 7.05 Å². The number of hydrogen-bond donors (Lipinski definition) is 0. The Morgan fingerprint density at radius 3 is 2.73 bits per heavy atom. The van der Waals surface area contributed by atoms with Crippen molar-refractivity contribution < 1.29 is 13.2 Å². The van der Waals surface area contributed by atoms with Crippen LogP contribution in [0.25, 0.3) is 21.1 Å². The van der Waals surface area contributed by atoms with Crippen molar-refractivity contribution in [1.82, 2.24) is 14.3 Å². The second-order valence-electron chi connectivity index (χ2n) is 6.20. The first-order chi connectivity index (χ1) is 12.3. The van der Waals surface area contributed by atoms with Crippen LogP contribution in [0.4, 0.5) is 13.2 Å². The maximum Gasteiger partial charge on any atom is 0.416 e. The number of rotatable bonds is 2. The quantitative estimate of drug-likeness (QED) is 0.522. The number of thiophene rings is 1. The van der Waals surface area contributed by atoms with Gasteiger partial charge in [0.1, 0.15) is 5.52 Å². The van der Waals surface area contributed by atoms with E-state index in [1.807, 2.05) is 24.6 Å². The predicted octanol–water partition coefficient (Wildman–Crippen LogP) is 4.33. The van der Waals surface area contributed by atoms with Crippen molar-refractivity contribution in [3.05, 3.63) is 62.9 Å². The SMILES string of the molecule is Cc1cc2c(s1)c1cnn(Cc3cccc(C(F)(F)F)c3)c(=O)c1n2C. The Bertz CT molecular complexity index is 1200. The summed E-state index contributed by atoms with van der Waals surface area (Å²) in [5, 5.41) is 4.95. The average Bonchev–Trinajstić information content (AvgIpc) is 3.07. The minimum Gasteiger partial charge on any atom is -0.338 e. The van der Waals surface area contributed by atoms with Gasteiger partial charge in [0.15, 0.2) is 0 Å². The Labute approximate surface area is 150 Å². The molecule has 0 saturated carbocycles. The van der Waals surface area contributed by atoms with Gasteiger partial charge in [-0.1, -0.05) is 12.1 Å². The molecule has 134 valence electrons. The van der Waals surface area contributed by atoms with E-state index in [0.29, 0.717) is 11.1 Å². The van der Waals surface area contributed by atoms with Crippen LogP contribution in [0, 0.1) is 6.92 Å². The molecule has 1 aromatic carbocycles. The smallest absolute Gasteiger partial charge is 0.338 e. The van der Waals surface area contributed by atoms with Gasteiger partial charge >= 0.3 is 6.18 Å². The summed E-state index contributed by atoms with van der Waals surface area (Å²) in [4.78, 5) is 14.0. The molecular formula is C18H14F3N3OS. The van der Waals surface area contributed by atoms with Gasteiger partial charge in [0.25, 0.3) is 5.56 Å². The summed E-state index contributed by atoms with van der Waals surface area (Å²) >= 11 is 1.59. The summed E-state index contributed by atoms with van der Waals surface area (Å²) in [6.07, 6.45) is -2.80. The summed E-state index contributed by atoms with van der Waals surface area (Å²) in [7, 11) is 1.81. The second-order valence-corrected chi connectivity index (χ2v) is 7.45. The molecule has 0 aliphatic heterocycles. The number of benzene rings is 1. The van der Waals surface area contributed by atoms with Gasteiger partial charge in [-0.25, -0.2) is 4.68 Å². The Hall–Kier alpha value is -2.61. The third-order valence-corrected chi connectivity index (χ3v) is 5.46. The van der Waals surface area contributed by atoms with Crippen molar-refractivity contribution in [1.29, 1.82) is 0 Å². The van der Waals surface area contributed by atoms with Gasteiger partial charge in [0.05, 0.1) is 28.5 Å². The van der Waals surface area contributed by atoms with Crippen LogP contribution in [0.15, 0.2) is 41.3 Å². The maximum atomic E-state index is 12.9. The van der Waals surface area contributed by atoms with E-state index >= 15 is 0 Å². The number of aryl methyl sites for hydroxylation is 2. The fraction of sp³-hybridized carbons (Fsp3) is 0.222. The standard InChI is InChI=1S/C18H14F3N3OS/c1-10-6-14-16(26-10)13-8-22-24(17(25)15(13)23(14)2)9-11-4-3-5-12(7-11)18(19,20)21/h3-8H,9H2,1-2H3. The van der Waals surface area contributed by atoms with Crippen molar-refractivity contribution in [3.8, 4) is 0 Å². The van der Waals surface area contributed by atoms with Crippen LogP contribution in [0.5, 0.6) is 0 Å². The zero-order valence-electron chi connectivity index (χ0n) is 14.0. The van der Waals surface area contributed by atoms with Gasteiger partial charge in [-0.3, -0.25) is 4.79 Å². The summed E-state index contributed by atoms with van der Waals surface area (Å²) in [6, 6.07) is 6.96. The highest BCUT2D eigenvalue weighted by molar-refractivity contribution is 7.20. The van der Waals surface area contributed by atoms with Crippen molar-refractivity contribution in [3.63, 3.8) is 0 Å². The lowest BCUT2D eigenvalue weighted by molar-refractivity contribution is -0.137. The largest absolute Gasteiger partial charge is 0.416 e. The molecule has 0 bridgehead atoms.